The van der Waals surface area contributed by atoms with Gasteiger partial charge in [0.2, 0.25) is 0 Å². The number of carbonyl (C=O) groups is 1. The second kappa shape index (κ2) is 10.6. The maximum Gasteiger partial charge on any atom is 0.323 e. The Bertz CT molecular complexity index is 1020. The topological polar surface area (TPSA) is 104 Å². The van der Waals surface area contributed by atoms with E-state index in [0.29, 0.717) is 23.7 Å². The second-order valence-electron chi connectivity index (χ2n) is 7.14. The van der Waals surface area contributed by atoms with Gasteiger partial charge in [0.1, 0.15) is 17.6 Å². The number of carboxylic acids is 1. The highest BCUT2D eigenvalue weighted by molar-refractivity contribution is 5.73. The number of hydrogen-bond donors (Lipinski definition) is 4. The van der Waals surface area contributed by atoms with Crippen LogP contribution in [0.2, 0.25) is 0 Å². The average molecular weight is 421 g/mol. The van der Waals surface area contributed by atoms with Gasteiger partial charge in [-0.15, -0.1) is 0 Å². The van der Waals surface area contributed by atoms with E-state index in [1.165, 1.54) is 22.3 Å². The van der Waals surface area contributed by atoms with E-state index in [1.807, 2.05) is 18.2 Å². The van der Waals surface area contributed by atoms with E-state index in [2.05, 4.69) is 52.9 Å². The lowest BCUT2D eigenvalue weighted by Crippen LogP contribution is -2.39. The number of aliphatic carboxylic acids is 1. The molecule has 162 valence electrons. The molecule has 1 aromatic heterocycles. The van der Waals surface area contributed by atoms with Crippen molar-refractivity contribution in [1.82, 2.24) is 10.3 Å². The third-order valence-electron chi connectivity index (χ3n) is 5.17. The number of aliphatic hydroxyl groups excluding tert-OH is 1. The van der Waals surface area contributed by atoms with Crippen LogP contribution in [0.3, 0.4) is 0 Å². The van der Waals surface area contributed by atoms with E-state index in [0.717, 1.165) is 0 Å². The number of aromatic nitrogens is 1. The number of carboxylic acid groups (broad SMARTS) is 1. The molecule has 0 fully saturated rings. The number of rotatable bonds is 10. The van der Waals surface area contributed by atoms with Crippen LogP contribution in [-0.4, -0.2) is 40.9 Å². The molecule has 2 aromatic carbocycles. The van der Waals surface area contributed by atoms with E-state index in [-0.39, 0.29) is 6.54 Å². The predicted molar refractivity (Wildman–Crippen MR) is 120 cm³/mol. The van der Waals surface area contributed by atoms with Gasteiger partial charge in [-0.3, -0.25) is 10.1 Å². The molecule has 31 heavy (non-hydrogen) atoms. The quantitative estimate of drug-likeness (QED) is 0.398. The van der Waals surface area contributed by atoms with Crippen LogP contribution in [0.15, 0.2) is 60.8 Å². The fourth-order valence-corrected chi connectivity index (χ4v) is 3.34. The van der Waals surface area contributed by atoms with E-state index in [1.54, 1.807) is 19.4 Å². The van der Waals surface area contributed by atoms with Gasteiger partial charge in [-0.05, 0) is 29.2 Å². The fraction of sp³-hybridized carbons (Fsp3) is 0.250. The van der Waals surface area contributed by atoms with Crippen molar-refractivity contribution in [3.05, 3.63) is 77.5 Å². The summed E-state index contributed by atoms with van der Waals surface area (Å²) in [5, 5.41) is 24.3. The molecular weight excluding hydrogens is 394 g/mol. The summed E-state index contributed by atoms with van der Waals surface area (Å²) in [7, 11) is 1.55. The number of methoxy groups -OCH3 is 1. The van der Waals surface area contributed by atoms with Crippen molar-refractivity contribution >= 4 is 11.8 Å². The molecule has 3 rings (SSSR count). The molecule has 0 amide bonds. The highest BCUT2D eigenvalue weighted by atomic mass is 16.5. The number of nitrogens with one attached hydrogen (secondary N) is 2. The predicted octanol–water partition coefficient (Wildman–Crippen LogP) is 3.21. The van der Waals surface area contributed by atoms with E-state index in [4.69, 9.17) is 14.9 Å². The Hall–Kier alpha value is -3.42. The Morgan fingerprint density at radius 1 is 1.10 bits per heavy atom. The van der Waals surface area contributed by atoms with Crippen molar-refractivity contribution in [2.24, 2.45) is 0 Å². The number of anilines is 1. The van der Waals surface area contributed by atoms with Crippen LogP contribution in [0.25, 0.3) is 11.1 Å². The molecule has 0 aliphatic heterocycles. The zero-order valence-corrected chi connectivity index (χ0v) is 17.6. The summed E-state index contributed by atoms with van der Waals surface area (Å²) >= 11 is 0. The normalized spacial score (nSPS) is 11.7. The molecule has 1 atom stereocenters. The van der Waals surface area contributed by atoms with Gasteiger partial charge in [0.15, 0.2) is 0 Å². The fourth-order valence-electron chi connectivity index (χ4n) is 3.34. The largest absolute Gasteiger partial charge is 0.496 e. The van der Waals surface area contributed by atoms with Crippen molar-refractivity contribution in [2.75, 3.05) is 19.0 Å². The van der Waals surface area contributed by atoms with Crippen molar-refractivity contribution in [2.45, 2.75) is 26.1 Å². The highest BCUT2D eigenvalue weighted by Crippen LogP contribution is 2.26. The molecule has 0 saturated carbocycles. The van der Waals surface area contributed by atoms with Gasteiger partial charge in [-0.2, -0.15) is 0 Å². The van der Waals surface area contributed by atoms with E-state index < -0.39 is 18.6 Å². The Morgan fingerprint density at radius 3 is 2.55 bits per heavy atom. The van der Waals surface area contributed by atoms with Crippen molar-refractivity contribution < 1.29 is 19.7 Å². The third-order valence-corrected chi connectivity index (χ3v) is 5.17. The lowest BCUT2D eigenvalue weighted by atomic mass is 9.96. The Balaban J connectivity index is 1.70. The molecule has 0 radical (unpaired) electrons. The number of aliphatic hydroxyl groups is 1. The standard InChI is InChI=1S/C24H27N3O4/c1-16-18(9-6-10-20(16)17-7-4-3-5-8-17)12-26-23-11-22(31-2)19(14-27-23)13-25-21(15-28)24(29)30/h3-11,14,21,25,28H,12-13,15H2,1-2H3,(H,26,27)(H,29,30). The van der Waals surface area contributed by atoms with Crippen molar-refractivity contribution in [1.29, 1.82) is 0 Å². The minimum atomic E-state index is -1.11. The summed E-state index contributed by atoms with van der Waals surface area (Å²) in [5.41, 5.74) is 5.46. The molecule has 0 aliphatic rings. The number of ether oxygens (including phenoxy) is 1. The Morgan fingerprint density at radius 2 is 1.87 bits per heavy atom. The first-order valence-electron chi connectivity index (χ1n) is 10.0. The first-order valence-corrected chi connectivity index (χ1v) is 10.0. The third kappa shape index (κ3) is 5.59. The Kier molecular flexibility index (Phi) is 7.59. The minimum Gasteiger partial charge on any atom is -0.496 e. The lowest BCUT2D eigenvalue weighted by molar-refractivity contribution is -0.140. The first-order chi connectivity index (χ1) is 15.0. The van der Waals surface area contributed by atoms with Gasteiger partial charge in [0, 0.05) is 30.9 Å². The SMILES string of the molecule is COc1cc(NCc2cccc(-c3ccccc3)c2C)ncc1CNC(CO)C(=O)O. The maximum absolute atomic E-state index is 11.0. The van der Waals surface area contributed by atoms with Crippen LogP contribution in [-0.2, 0) is 17.9 Å². The number of nitrogens with zero attached hydrogens (tertiary/aromatic N) is 1. The van der Waals surface area contributed by atoms with Crippen LogP contribution in [0.5, 0.6) is 5.75 Å². The van der Waals surface area contributed by atoms with Gasteiger partial charge in [-0.25, -0.2) is 4.98 Å². The molecule has 4 N–H and O–H groups in total. The Labute approximate surface area is 181 Å². The molecule has 7 nitrogen and oxygen atoms in total. The van der Waals surface area contributed by atoms with Gasteiger partial charge in [0.05, 0.1) is 13.7 Å². The van der Waals surface area contributed by atoms with Crippen molar-refractivity contribution in [3.8, 4) is 16.9 Å². The van der Waals surface area contributed by atoms with Gasteiger partial charge >= 0.3 is 5.97 Å². The number of hydrogen-bond acceptors (Lipinski definition) is 6. The molecule has 0 spiro atoms. The minimum absolute atomic E-state index is 0.214. The smallest absolute Gasteiger partial charge is 0.323 e. The van der Waals surface area contributed by atoms with Crippen LogP contribution in [0, 0.1) is 6.92 Å². The van der Waals surface area contributed by atoms with Crippen LogP contribution < -0.4 is 15.4 Å². The molecule has 1 heterocycles. The average Bonchev–Trinajstić information content (AvgIpc) is 2.79. The summed E-state index contributed by atoms with van der Waals surface area (Å²) in [4.78, 5) is 15.5. The van der Waals surface area contributed by atoms with Crippen LogP contribution >= 0.6 is 0 Å². The van der Waals surface area contributed by atoms with E-state index in [9.17, 15) is 4.79 Å². The molecule has 7 heteroatoms. The molecule has 1 unspecified atom stereocenters. The number of benzene rings is 2. The zero-order chi connectivity index (χ0) is 22.2. The van der Waals surface area contributed by atoms with E-state index >= 15 is 0 Å². The molecular formula is C24H27N3O4. The summed E-state index contributed by atoms with van der Waals surface area (Å²) in [6, 6.07) is 17.3. The summed E-state index contributed by atoms with van der Waals surface area (Å²) in [5.74, 6) is 0.129. The molecule has 0 bridgehead atoms. The summed E-state index contributed by atoms with van der Waals surface area (Å²) in [6.45, 7) is 2.44. The van der Waals surface area contributed by atoms with Crippen molar-refractivity contribution in [3.63, 3.8) is 0 Å². The van der Waals surface area contributed by atoms with Crippen LogP contribution in [0.4, 0.5) is 5.82 Å². The van der Waals surface area contributed by atoms with Crippen LogP contribution in [0.1, 0.15) is 16.7 Å². The molecule has 3 aromatic rings. The van der Waals surface area contributed by atoms with Gasteiger partial charge < -0.3 is 20.3 Å². The number of pyridine rings is 1. The lowest BCUT2D eigenvalue weighted by Gasteiger charge is -2.16. The van der Waals surface area contributed by atoms with Gasteiger partial charge in [0.25, 0.3) is 0 Å². The zero-order valence-electron chi connectivity index (χ0n) is 17.6. The highest BCUT2D eigenvalue weighted by Gasteiger charge is 2.16. The maximum atomic E-state index is 11.0. The van der Waals surface area contributed by atoms with Gasteiger partial charge in [-0.1, -0.05) is 48.5 Å². The summed E-state index contributed by atoms with van der Waals surface area (Å²) < 4.78 is 5.44. The monoisotopic (exact) mass is 421 g/mol. The molecule has 0 saturated heterocycles. The first kappa shape index (κ1) is 22.3. The second-order valence-corrected chi connectivity index (χ2v) is 7.14. The summed E-state index contributed by atoms with van der Waals surface area (Å²) in [6.07, 6.45) is 1.64. The molecule has 0 aliphatic carbocycles.